The van der Waals surface area contributed by atoms with E-state index in [1.54, 1.807) is 13.2 Å². The van der Waals surface area contributed by atoms with Crippen LogP contribution in [0.25, 0.3) is 10.9 Å². The van der Waals surface area contributed by atoms with Gasteiger partial charge in [0.25, 0.3) is 0 Å². The van der Waals surface area contributed by atoms with E-state index >= 15 is 0 Å². The number of pyridine rings is 1. The van der Waals surface area contributed by atoms with Crippen molar-refractivity contribution in [2.45, 2.75) is 31.8 Å². The fourth-order valence-electron chi connectivity index (χ4n) is 2.77. The number of halogens is 1. The number of aromatic nitrogens is 1. The molecule has 0 amide bonds. The predicted octanol–water partition coefficient (Wildman–Crippen LogP) is 3.66. The van der Waals surface area contributed by atoms with Crippen LogP contribution in [0.4, 0.5) is 10.1 Å². The highest BCUT2D eigenvalue weighted by Crippen LogP contribution is 2.35. The van der Waals surface area contributed by atoms with E-state index in [0.717, 1.165) is 36.2 Å². The SMILES string of the molecule is COC1(CNc2cc(C)nc3c(F)cccc23)CCC1. The molecule has 1 N–H and O–H groups in total. The molecule has 1 aliphatic rings. The van der Waals surface area contributed by atoms with Crippen LogP contribution >= 0.6 is 0 Å². The molecule has 4 heteroatoms. The summed E-state index contributed by atoms with van der Waals surface area (Å²) >= 11 is 0. The molecule has 0 unspecified atom stereocenters. The highest BCUT2D eigenvalue weighted by molar-refractivity contribution is 5.91. The Hall–Kier alpha value is -1.68. The van der Waals surface area contributed by atoms with Crippen molar-refractivity contribution in [2.24, 2.45) is 0 Å². The van der Waals surface area contributed by atoms with Gasteiger partial charge in [-0.05, 0) is 38.3 Å². The number of methoxy groups -OCH3 is 1. The fourth-order valence-corrected chi connectivity index (χ4v) is 2.77. The highest BCUT2D eigenvalue weighted by Gasteiger charge is 2.36. The summed E-state index contributed by atoms with van der Waals surface area (Å²) in [5, 5.41) is 4.24. The molecule has 1 aliphatic carbocycles. The number of rotatable bonds is 4. The summed E-state index contributed by atoms with van der Waals surface area (Å²) < 4.78 is 19.5. The van der Waals surface area contributed by atoms with Gasteiger partial charge >= 0.3 is 0 Å². The van der Waals surface area contributed by atoms with E-state index in [4.69, 9.17) is 4.74 Å². The largest absolute Gasteiger partial charge is 0.382 e. The molecule has 3 nitrogen and oxygen atoms in total. The summed E-state index contributed by atoms with van der Waals surface area (Å²) in [5.41, 5.74) is 2.10. The molecule has 0 spiro atoms. The highest BCUT2D eigenvalue weighted by atomic mass is 19.1. The smallest absolute Gasteiger partial charge is 0.149 e. The Kier molecular flexibility index (Phi) is 3.34. The monoisotopic (exact) mass is 274 g/mol. The maximum atomic E-state index is 13.8. The molecule has 1 saturated carbocycles. The van der Waals surface area contributed by atoms with Gasteiger partial charge in [0.1, 0.15) is 11.3 Å². The van der Waals surface area contributed by atoms with Crippen LogP contribution in [0.5, 0.6) is 0 Å². The van der Waals surface area contributed by atoms with Crippen LogP contribution in [-0.2, 0) is 4.74 Å². The van der Waals surface area contributed by atoms with Gasteiger partial charge < -0.3 is 10.1 Å². The molecular formula is C16H19FN2O. The Morgan fingerprint density at radius 2 is 2.20 bits per heavy atom. The number of ether oxygens (including phenoxy) is 1. The van der Waals surface area contributed by atoms with E-state index in [1.807, 2.05) is 19.1 Å². The minimum atomic E-state index is -0.278. The Labute approximate surface area is 118 Å². The molecule has 1 aromatic carbocycles. The number of para-hydroxylation sites is 1. The van der Waals surface area contributed by atoms with Crippen molar-refractivity contribution in [1.82, 2.24) is 4.98 Å². The molecule has 1 fully saturated rings. The lowest BCUT2D eigenvalue weighted by Gasteiger charge is -2.40. The van der Waals surface area contributed by atoms with Crippen LogP contribution in [0.1, 0.15) is 25.0 Å². The second-order valence-electron chi connectivity index (χ2n) is 5.54. The number of anilines is 1. The summed E-state index contributed by atoms with van der Waals surface area (Å²) in [6.45, 7) is 2.63. The Morgan fingerprint density at radius 1 is 1.40 bits per heavy atom. The van der Waals surface area contributed by atoms with Gasteiger partial charge in [-0.15, -0.1) is 0 Å². The molecule has 1 aromatic heterocycles. The number of nitrogens with zero attached hydrogens (tertiary/aromatic N) is 1. The van der Waals surface area contributed by atoms with Gasteiger partial charge in [0.05, 0.1) is 5.60 Å². The molecule has 1 heterocycles. The van der Waals surface area contributed by atoms with Crippen molar-refractivity contribution < 1.29 is 9.13 Å². The van der Waals surface area contributed by atoms with Gasteiger partial charge in [0, 0.05) is 30.4 Å². The van der Waals surface area contributed by atoms with Crippen LogP contribution in [0, 0.1) is 12.7 Å². The zero-order valence-electron chi connectivity index (χ0n) is 11.9. The summed E-state index contributed by atoms with van der Waals surface area (Å²) in [5.74, 6) is -0.278. The lowest BCUT2D eigenvalue weighted by Crippen LogP contribution is -2.45. The first-order valence-corrected chi connectivity index (χ1v) is 6.98. The van der Waals surface area contributed by atoms with Crippen molar-refractivity contribution in [3.63, 3.8) is 0 Å². The maximum Gasteiger partial charge on any atom is 0.149 e. The van der Waals surface area contributed by atoms with E-state index in [2.05, 4.69) is 10.3 Å². The lowest BCUT2D eigenvalue weighted by atomic mass is 9.80. The maximum absolute atomic E-state index is 13.8. The molecule has 20 heavy (non-hydrogen) atoms. The molecule has 106 valence electrons. The van der Waals surface area contributed by atoms with E-state index in [9.17, 15) is 4.39 Å². The number of hydrogen-bond donors (Lipinski definition) is 1. The molecule has 0 atom stereocenters. The van der Waals surface area contributed by atoms with E-state index in [1.165, 1.54) is 12.5 Å². The number of hydrogen-bond acceptors (Lipinski definition) is 3. The van der Waals surface area contributed by atoms with E-state index in [-0.39, 0.29) is 11.4 Å². The van der Waals surface area contributed by atoms with Crippen LogP contribution in [-0.4, -0.2) is 24.2 Å². The third-order valence-corrected chi connectivity index (χ3v) is 4.22. The fraction of sp³-hybridized carbons (Fsp3) is 0.438. The average Bonchev–Trinajstić information content (AvgIpc) is 2.39. The Bertz CT molecular complexity index is 632. The first-order valence-electron chi connectivity index (χ1n) is 6.98. The molecule has 2 aromatic rings. The standard InChI is InChI=1S/C16H19FN2O/c1-11-9-14(18-10-16(20-2)7-4-8-16)12-5-3-6-13(17)15(12)19-11/h3,5-6,9H,4,7-8,10H2,1-2H3,(H,18,19). The minimum Gasteiger partial charge on any atom is -0.382 e. The van der Waals surface area contributed by atoms with Gasteiger partial charge in [-0.1, -0.05) is 12.1 Å². The van der Waals surface area contributed by atoms with Crippen molar-refractivity contribution in [3.05, 3.63) is 35.8 Å². The van der Waals surface area contributed by atoms with Gasteiger partial charge in [-0.3, -0.25) is 0 Å². The molecule has 3 rings (SSSR count). The summed E-state index contributed by atoms with van der Waals surface area (Å²) in [6, 6.07) is 7.02. The first-order chi connectivity index (χ1) is 9.63. The van der Waals surface area contributed by atoms with Crippen molar-refractivity contribution in [3.8, 4) is 0 Å². The zero-order valence-corrected chi connectivity index (χ0v) is 11.9. The number of aryl methyl sites for hydroxylation is 1. The first kappa shape index (κ1) is 13.3. The molecule has 0 radical (unpaired) electrons. The van der Waals surface area contributed by atoms with Crippen LogP contribution in [0.15, 0.2) is 24.3 Å². The number of benzene rings is 1. The van der Waals surface area contributed by atoms with Crippen molar-refractivity contribution in [2.75, 3.05) is 19.0 Å². The summed E-state index contributed by atoms with van der Waals surface area (Å²) in [6.07, 6.45) is 3.36. The van der Waals surface area contributed by atoms with Gasteiger partial charge in [0.2, 0.25) is 0 Å². The second kappa shape index (κ2) is 5.02. The second-order valence-corrected chi connectivity index (χ2v) is 5.54. The van der Waals surface area contributed by atoms with Crippen molar-refractivity contribution >= 4 is 16.6 Å². The third kappa shape index (κ3) is 2.24. The quantitative estimate of drug-likeness (QED) is 0.923. The average molecular weight is 274 g/mol. The third-order valence-electron chi connectivity index (χ3n) is 4.22. The summed E-state index contributed by atoms with van der Waals surface area (Å²) in [7, 11) is 1.76. The van der Waals surface area contributed by atoms with Gasteiger partial charge in [0.15, 0.2) is 0 Å². The topological polar surface area (TPSA) is 34.1 Å². The Morgan fingerprint density at radius 3 is 2.85 bits per heavy atom. The normalized spacial score (nSPS) is 16.9. The minimum absolute atomic E-state index is 0.0587. The zero-order chi connectivity index (χ0) is 14.2. The molecule has 0 saturated heterocycles. The lowest BCUT2D eigenvalue weighted by molar-refractivity contribution is -0.0601. The molecular weight excluding hydrogens is 255 g/mol. The van der Waals surface area contributed by atoms with Crippen LogP contribution in [0.2, 0.25) is 0 Å². The predicted molar refractivity (Wildman–Crippen MR) is 78.5 cm³/mol. The van der Waals surface area contributed by atoms with Crippen LogP contribution < -0.4 is 5.32 Å². The molecule has 0 aliphatic heterocycles. The van der Waals surface area contributed by atoms with Crippen molar-refractivity contribution in [1.29, 1.82) is 0 Å². The van der Waals surface area contributed by atoms with Crippen LogP contribution in [0.3, 0.4) is 0 Å². The Balaban J connectivity index is 1.93. The molecule has 0 bridgehead atoms. The number of nitrogens with one attached hydrogen (secondary N) is 1. The van der Waals surface area contributed by atoms with E-state index in [0.29, 0.717) is 5.52 Å². The summed E-state index contributed by atoms with van der Waals surface area (Å²) in [4.78, 5) is 4.29. The van der Waals surface area contributed by atoms with Gasteiger partial charge in [-0.25, -0.2) is 9.37 Å². The van der Waals surface area contributed by atoms with E-state index < -0.39 is 0 Å². The van der Waals surface area contributed by atoms with Gasteiger partial charge in [-0.2, -0.15) is 0 Å². The number of fused-ring (bicyclic) bond motifs is 1.